The Morgan fingerprint density at radius 2 is 2.05 bits per heavy atom. The van der Waals surface area contributed by atoms with Crippen LogP contribution in [0, 0.1) is 0 Å². The fourth-order valence-electron chi connectivity index (χ4n) is 1.93. The second-order valence-electron chi connectivity index (χ2n) is 4.45. The molecule has 0 radical (unpaired) electrons. The Morgan fingerprint density at radius 3 is 2.76 bits per heavy atom. The number of pyridine rings is 1. The van der Waals surface area contributed by atoms with Gasteiger partial charge in [0.05, 0.1) is 5.69 Å². The van der Waals surface area contributed by atoms with Gasteiger partial charge in [-0.15, -0.1) is 0 Å². The van der Waals surface area contributed by atoms with E-state index in [1.54, 1.807) is 25.4 Å². The Hall–Kier alpha value is -2.55. The molecule has 0 atom stereocenters. The van der Waals surface area contributed by atoms with Gasteiger partial charge < -0.3 is 10.7 Å². The minimum absolute atomic E-state index is 0.275. The Balaban J connectivity index is 2.17. The molecule has 0 saturated heterocycles. The third-order valence-corrected chi connectivity index (χ3v) is 3.99. The van der Waals surface area contributed by atoms with E-state index in [2.05, 4.69) is 15.0 Å². The number of fused-ring (bicyclic) bond motifs is 1. The number of rotatable bonds is 2. The van der Waals surface area contributed by atoms with E-state index in [1.807, 2.05) is 0 Å². The minimum atomic E-state index is -0.423. The number of anilines is 1. The van der Waals surface area contributed by atoms with Crippen LogP contribution in [-0.2, 0) is 14.1 Å². The molecule has 0 unspecified atom stereocenters. The molecule has 3 heterocycles. The first-order valence-corrected chi connectivity index (χ1v) is 6.84. The predicted octanol–water partition coefficient (Wildman–Crippen LogP) is 0.0887. The van der Waals surface area contributed by atoms with E-state index in [4.69, 9.17) is 5.73 Å². The van der Waals surface area contributed by atoms with Crippen molar-refractivity contribution in [2.24, 2.45) is 14.1 Å². The number of aromatic nitrogens is 5. The monoisotopic (exact) mass is 304 g/mol. The molecule has 0 aliphatic heterocycles. The number of hydrogen-bond acceptors (Lipinski definition) is 6. The summed E-state index contributed by atoms with van der Waals surface area (Å²) in [6, 6.07) is 3.46. The molecule has 3 rings (SSSR count). The molecule has 0 bridgehead atoms. The van der Waals surface area contributed by atoms with Gasteiger partial charge in [0.1, 0.15) is 5.03 Å². The molecule has 0 aliphatic rings. The molecular formula is C12H12N6O2S. The van der Waals surface area contributed by atoms with E-state index in [0.29, 0.717) is 21.5 Å². The molecular weight excluding hydrogens is 292 g/mol. The molecule has 3 N–H and O–H groups in total. The molecule has 0 aliphatic carbocycles. The van der Waals surface area contributed by atoms with E-state index in [1.165, 1.54) is 23.4 Å². The van der Waals surface area contributed by atoms with Crippen LogP contribution in [0.4, 0.5) is 5.69 Å². The number of aromatic amines is 1. The number of hydrogen-bond donors (Lipinski definition) is 2. The first-order chi connectivity index (χ1) is 9.99. The van der Waals surface area contributed by atoms with Gasteiger partial charge in [-0.2, -0.15) is 0 Å². The predicted molar refractivity (Wildman–Crippen MR) is 79.3 cm³/mol. The first-order valence-electron chi connectivity index (χ1n) is 6.03. The maximum absolute atomic E-state index is 12.1. The summed E-state index contributed by atoms with van der Waals surface area (Å²) in [5.74, 6) is 0. The summed E-state index contributed by atoms with van der Waals surface area (Å²) in [6.07, 6.45) is 1.62. The lowest BCUT2D eigenvalue weighted by Gasteiger charge is -2.00. The highest BCUT2D eigenvalue weighted by Crippen LogP contribution is 2.28. The number of nitrogen functional groups attached to an aromatic ring is 1. The highest BCUT2D eigenvalue weighted by atomic mass is 32.2. The number of nitrogens with zero attached hydrogens (tertiary/aromatic N) is 4. The van der Waals surface area contributed by atoms with Crippen molar-refractivity contribution in [1.29, 1.82) is 0 Å². The van der Waals surface area contributed by atoms with Crippen LogP contribution in [0.2, 0.25) is 0 Å². The van der Waals surface area contributed by atoms with Crippen LogP contribution in [0.25, 0.3) is 11.2 Å². The van der Waals surface area contributed by atoms with E-state index < -0.39 is 11.2 Å². The summed E-state index contributed by atoms with van der Waals surface area (Å²) in [6.45, 7) is 0. The van der Waals surface area contributed by atoms with Gasteiger partial charge in [-0.05, 0) is 23.9 Å². The Labute approximate surface area is 122 Å². The van der Waals surface area contributed by atoms with Crippen molar-refractivity contribution in [2.45, 2.75) is 10.2 Å². The molecule has 8 nitrogen and oxygen atoms in total. The molecule has 3 aromatic heterocycles. The Morgan fingerprint density at radius 1 is 1.29 bits per heavy atom. The molecule has 0 fully saturated rings. The lowest BCUT2D eigenvalue weighted by molar-refractivity contribution is 0.708. The van der Waals surface area contributed by atoms with Gasteiger partial charge in [-0.25, -0.2) is 14.8 Å². The maximum Gasteiger partial charge on any atom is 0.332 e. The number of H-pyrrole nitrogens is 1. The second-order valence-corrected chi connectivity index (χ2v) is 5.42. The maximum atomic E-state index is 12.1. The number of nitrogens with one attached hydrogen (secondary N) is 1. The largest absolute Gasteiger partial charge is 0.397 e. The Bertz CT molecular complexity index is 955. The molecule has 108 valence electrons. The van der Waals surface area contributed by atoms with Gasteiger partial charge in [0, 0.05) is 20.3 Å². The van der Waals surface area contributed by atoms with Crippen molar-refractivity contribution in [3.8, 4) is 0 Å². The first kappa shape index (κ1) is 13.4. The van der Waals surface area contributed by atoms with Gasteiger partial charge in [-0.1, -0.05) is 0 Å². The molecule has 0 amide bonds. The van der Waals surface area contributed by atoms with Crippen LogP contribution in [-0.4, -0.2) is 24.1 Å². The molecule has 0 spiro atoms. The normalized spacial score (nSPS) is 11.1. The van der Waals surface area contributed by atoms with E-state index in [-0.39, 0.29) is 5.52 Å². The highest BCUT2D eigenvalue weighted by Gasteiger charge is 2.14. The van der Waals surface area contributed by atoms with Crippen molar-refractivity contribution in [2.75, 3.05) is 5.73 Å². The third-order valence-electron chi connectivity index (χ3n) is 3.07. The zero-order chi connectivity index (χ0) is 15.1. The highest BCUT2D eigenvalue weighted by molar-refractivity contribution is 7.99. The van der Waals surface area contributed by atoms with E-state index >= 15 is 0 Å². The lowest BCUT2D eigenvalue weighted by atomic mass is 10.4. The zero-order valence-electron chi connectivity index (χ0n) is 11.3. The summed E-state index contributed by atoms with van der Waals surface area (Å²) >= 11 is 1.20. The van der Waals surface area contributed by atoms with Crippen LogP contribution < -0.4 is 17.0 Å². The fraction of sp³-hybridized carbons (Fsp3) is 0.167. The number of imidazole rings is 1. The smallest absolute Gasteiger partial charge is 0.332 e. The Kier molecular flexibility index (Phi) is 3.05. The van der Waals surface area contributed by atoms with Crippen LogP contribution in [0.3, 0.4) is 0 Å². The molecule has 0 saturated carbocycles. The topological polar surface area (TPSA) is 112 Å². The SMILES string of the molecule is Cn1c(=O)c2[nH]c(Sc3ncccc3N)nc2n(C)c1=O. The minimum Gasteiger partial charge on any atom is -0.397 e. The van der Waals surface area contributed by atoms with E-state index in [9.17, 15) is 9.59 Å². The van der Waals surface area contributed by atoms with Gasteiger partial charge in [0.2, 0.25) is 0 Å². The van der Waals surface area contributed by atoms with Crippen LogP contribution in [0.15, 0.2) is 38.1 Å². The quantitative estimate of drug-likeness (QED) is 0.694. The third kappa shape index (κ3) is 2.11. The molecule has 21 heavy (non-hydrogen) atoms. The standard InChI is InChI=1S/C12H12N6O2S/c1-17-8-7(10(19)18(2)12(17)20)15-11(16-8)21-9-6(13)4-3-5-14-9/h3-5H,13H2,1-2H3,(H,15,16). The van der Waals surface area contributed by atoms with Crippen LogP contribution in [0.1, 0.15) is 0 Å². The average molecular weight is 304 g/mol. The van der Waals surface area contributed by atoms with E-state index in [0.717, 1.165) is 4.57 Å². The van der Waals surface area contributed by atoms with Crippen molar-refractivity contribution in [3.05, 3.63) is 39.2 Å². The molecule has 0 aromatic carbocycles. The van der Waals surface area contributed by atoms with Crippen molar-refractivity contribution < 1.29 is 0 Å². The lowest BCUT2D eigenvalue weighted by Crippen LogP contribution is -2.36. The van der Waals surface area contributed by atoms with Crippen molar-refractivity contribution in [1.82, 2.24) is 24.1 Å². The molecule has 3 aromatic rings. The number of nitrogens with two attached hydrogens (primary N) is 1. The van der Waals surface area contributed by atoms with Crippen LogP contribution >= 0.6 is 11.8 Å². The summed E-state index contributed by atoms with van der Waals surface area (Å²) in [4.78, 5) is 35.3. The summed E-state index contributed by atoms with van der Waals surface area (Å²) in [7, 11) is 2.99. The zero-order valence-corrected chi connectivity index (χ0v) is 12.1. The van der Waals surface area contributed by atoms with Crippen LogP contribution in [0.5, 0.6) is 0 Å². The second kappa shape index (κ2) is 4.77. The van der Waals surface area contributed by atoms with Gasteiger partial charge in [0.15, 0.2) is 16.3 Å². The fourth-order valence-corrected chi connectivity index (χ4v) is 2.70. The average Bonchev–Trinajstić information content (AvgIpc) is 2.89. The van der Waals surface area contributed by atoms with Crippen molar-refractivity contribution >= 4 is 28.6 Å². The van der Waals surface area contributed by atoms with Gasteiger partial charge in [0.25, 0.3) is 5.56 Å². The summed E-state index contributed by atoms with van der Waals surface area (Å²) in [5, 5.41) is 1.03. The summed E-state index contributed by atoms with van der Waals surface area (Å²) < 4.78 is 2.35. The van der Waals surface area contributed by atoms with Crippen molar-refractivity contribution in [3.63, 3.8) is 0 Å². The summed E-state index contributed by atoms with van der Waals surface area (Å²) in [5.41, 5.74) is 6.08. The molecule has 9 heteroatoms. The van der Waals surface area contributed by atoms with Gasteiger partial charge in [-0.3, -0.25) is 13.9 Å². The number of aryl methyl sites for hydroxylation is 1. The van der Waals surface area contributed by atoms with Gasteiger partial charge >= 0.3 is 5.69 Å².